The second kappa shape index (κ2) is 4.91. The minimum absolute atomic E-state index is 0.00738. The molecule has 0 aliphatic carbocycles. The number of benzene rings is 1. The van der Waals surface area contributed by atoms with E-state index in [1.54, 1.807) is 19.1 Å². The van der Waals surface area contributed by atoms with Gasteiger partial charge in [-0.2, -0.15) is 0 Å². The zero-order valence-electron chi connectivity index (χ0n) is 7.76. The van der Waals surface area contributed by atoms with E-state index in [1.807, 2.05) is 6.07 Å². The summed E-state index contributed by atoms with van der Waals surface area (Å²) in [5.74, 6) is 0.00738. The Kier molecular flexibility index (Phi) is 4.11. The van der Waals surface area contributed by atoms with Gasteiger partial charge in [0.05, 0.1) is 6.04 Å². The summed E-state index contributed by atoms with van der Waals surface area (Å²) in [6, 6.07) is 4.93. The zero-order chi connectivity index (χ0) is 10.7. The Balaban J connectivity index is 2.86. The monoisotopic (exact) mass is 275 g/mol. The van der Waals surface area contributed by atoms with E-state index < -0.39 is 6.04 Å². The molecule has 0 amide bonds. The first-order valence-electron chi connectivity index (χ1n) is 4.23. The molecule has 1 aromatic carbocycles. The quantitative estimate of drug-likeness (QED) is 0.922. The Morgan fingerprint density at radius 3 is 2.86 bits per heavy atom. The number of hydrogen-bond acceptors (Lipinski definition) is 2. The third-order valence-corrected chi connectivity index (χ3v) is 2.89. The lowest BCUT2D eigenvalue weighted by atomic mass is 10.1. The molecule has 0 saturated heterocycles. The largest absolute Gasteiger partial charge is 0.322 e. The van der Waals surface area contributed by atoms with Gasteiger partial charge in [0.2, 0.25) is 0 Å². The highest BCUT2D eigenvalue weighted by molar-refractivity contribution is 9.10. The second-order valence-corrected chi connectivity index (χ2v) is 4.46. The number of halogens is 2. The van der Waals surface area contributed by atoms with Gasteiger partial charge in [-0.05, 0) is 30.7 Å². The minimum Gasteiger partial charge on any atom is -0.322 e. The van der Waals surface area contributed by atoms with Gasteiger partial charge >= 0.3 is 0 Å². The molecular formula is C10H11BrClNO. The van der Waals surface area contributed by atoms with E-state index in [-0.39, 0.29) is 5.78 Å². The summed E-state index contributed by atoms with van der Waals surface area (Å²) >= 11 is 9.17. The number of hydrogen-bond donors (Lipinski definition) is 1. The van der Waals surface area contributed by atoms with Gasteiger partial charge in [0.1, 0.15) is 0 Å². The van der Waals surface area contributed by atoms with Gasteiger partial charge in [-0.3, -0.25) is 4.79 Å². The summed E-state index contributed by atoms with van der Waals surface area (Å²) in [6.07, 6.45) is 0.318. The molecular weight excluding hydrogens is 265 g/mol. The Labute approximate surface area is 96.6 Å². The third kappa shape index (κ3) is 3.08. The van der Waals surface area contributed by atoms with E-state index in [4.69, 9.17) is 17.3 Å². The molecule has 0 saturated carbocycles. The van der Waals surface area contributed by atoms with Crippen LogP contribution in [-0.4, -0.2) is 11.8 Å². The van der Waals surface area contributed by atoms with Crippen molar-refractivity contribution >= 4 is 33.3 Å². The molecule has 0 aromatic heterocycles. The maximum atomic E-state index is 11.4. The maximum Gasteiger partial charge on any atom is 0.153 e. The maximum absolute atomic E-state index is 11.4. The van der Waals surface area contributed by atoms with Gasteiger partial charge in [0, 0.05) is 15.9 Å². The van der Waals surface area contributed by atoms with Gasteiger partial charge in [-0.25, -0.2) is 0 Å². The van der Waals surface area contributed by atoms with Crippen molar-refractivity contribution in [3.63, 3.8) is 0 Å². The lowest BCUT2D eigenvalue weighted by molar-refractivity contribution is -0.119. The van der Waals surface area contributed by atoms with Crippen LogP contribution in [0.2, 0.25) is 5.02 Å². The molecule has 1 unspecified atom stereocenters. The van der Waals surface area contributed by atoms with Crippen LogP contribution < -0.4 is 5.73 Å². The van der Waals surface area contributed by atoms with Crippen LogP contribution >= 0.6 is 27.5 Å². The lowest BCUT2D eigenvalue weighted by Crippen LogP contribution is -2.28. The number of rotatable bonds is 3. The molecule has 1 rings (SSSR count). The summed E-state index contributed by atoms with van der Waals surface area (Å²) in [6.45, 7) is 1.68. The van der Waals surface area contributed by atoms with Gasteiger partial charge in [-0.1, -0.05) is 27.5 Å². The smallest absolute Gasteiger partial charge is 0.153 e. The number of carbonyl (C=O) groups excluding carboxylic acids is 1. The molecule has 1 atom stereocenters. The number of nitrogens with two attached hydrogens (primary N) is 1. The highest BCUT2D eigenvalue weighted by Gasteiger charge is 2.10. The van der Waals surface area contributed by atoms with E-state index in [2.05, 4.69) is 15.9 Å². The van der Waals surface area contributed by atoms with Crippen LogP contribution in [0.3, 0.4) is 0 Å². The van der Waals surface area contributed by atoms with Crippen molar-refractivity contribution in [1.29, 1.82) is 0 Å². The highest BCUT2D eigenvalue weighted by atomic mass is 79.9. The highest BCUT2D eigenvalue weighted by Crippen LogP contribution is 2.21. The van der Waals surface area contributed by atoms with Crippen molar-refractivity contribution < 1.29 is 4.79 Å². The molecule has 0 bridgehead atoms. The Morgan fingerprint density at radius 1 is 1.64 bits per heavy atom. The molecule has 1 aromatic rings. The molecule has 0 aliphatic rings. The fraction of sp³-hybridized carbons (Fsp3) is 0.300. The molecule has 0 heterocycles. The van der Waals surface area contributed by atoms with E-state index in [9.17, 15) is 4.79 Å². The van der Waals surface area contributed by atoms with E-state index in [0.29, 0.717) is 11.4 Å². The Hall–Kier alpha value is -0.380. The third-order valence-electron chi connectivity index (χ3n) is 1.88. The molecule has 2 N–H and O–H groups in total. The summed E-state index contributed by atoms with van der Waals surface area (Å²) in [5, 5.41) is 0.626. The molecule has 0 radical (unpaired) electrons. The van der Waals surface area contributed by atoms with Crippen LogP contribution in [0.5, 0.6) is 0 Å². The number of Topliss-reactive ketones (excluding diaryl/α,β-unsaturated/α-hetero) is 1. The van der Waals surface area contributed by atoms with Crippen LogP contribution in [0.15, 0.2) is 22.7 Å². The average molecular weight is 277 g/mol. The van der Waals surface area contributed by atoms with Crippen molar-refractivity contribution in [1.82, 2.24) is 0 Å². The van der Waals surface area contributed by atoms with Crippen LogP contribution in [0.25, 0.3) is 0 Å². The Bertz CT molecular complexity index is 352. The van der Waals surface area contributed by atoms with E-state index in [0.717, 1.165) is 10.0 Å². The van der Waals surface area contributed by atoms with Crippen molar-refractivity contribution in [3.8, 4) is 0 Å². The normalized spacial score (nSPS) is 12.6. The molecule has 14 heavy (non-hydrogen) atoms. The topological polar surface area (TPSA) is 43.1 Å². The first-order valence-corrected chi connectivity index (χ1v) is 5.40. The summed E-state index contributed by atoms with van der Waals surface area (Å²) in [7, 11) is 0. The molecule has 0 aliphatic heterocycles. The average Bonchev–Trinajstić information content (AvgIpc) is 2.11. The van der Waals surface area contributed by atoms with Crippen LogP contribution in [0.1, 0.15) is 12.5 Å². The zero-order valence-corrected chi connectivity index (χ0v) is 10.1. The first-order chi connectivity index (χ1) is 6.50. The van der Waals surface area contributed by atoms with Gasteiger partial charge in [-0.15, -0.1) is 0 Å². The first kappa shape index (κ1) is 11.7. The number of ketones is 1. The molecule has 76 valence electrons. The van der Waals surface area contributed by atoms with Crippen LogP contribution in [0, 0.1) is 0 Å². The predicted octanol–water partition coefficient (Wildman–Crippen LogP) is 2.56. The minimum atomic E-state index is -0.430. The van der Waals surface area contributed by atoms with E-state index in [1.165, 1.54) is 0 Å². The van der Waals surface area contributed by atoms with Crippen molar-refractivity contribution in [2.24, 2.45) is 5.73 Å². The summed E-state index contributed by atoms with van der Waals surface area (Å²) < 4.78 is 0.885. The van der Waals surface area contributed by atoms with Crippen LogP contribution in [-0.2, 0) is 11.2 Å². The fourth-order valence-electron chi connectivity index (χ4n) is 1.03. The van der Waals surface area contributed by atoms with Gasteiger partial charge in [0.25, 0.3) is 0 Å². The standard InChI is InChI=1S/C10H11BrClNO/c1-6(13)10(14)5-7-4-8(12)2-3-9(7)11/h2-4,6H,5,13H2,1H3. The molecule has 4 heteroatoms. The molecule has 0 fully saturated rings. The molecule has 0 spiro atoms. The lowest BCUT2D eigenvalue weighted by Gasteiger charge is -2.06. The fourth-order valence-corrected chi connectivity index (χ4v) is 1.61. The number of carbonyl (C=O) groups is 1. The predicted molar refractivity (Wildman–Crippen MR) is 61.5 cm³/mol. The second-order valence-electron chi connectivity index (χ2n) is 3.17. The van der Waals surface area contributed by atoms with Gasteiger partial charge < -0.3 is 5.73 Å². The van der Waals surface area contributed by atoms with Crippen molar-refractivity contribution in [2.75, 3.05) is 0 Å². The van der Waals surface area contributed by atoms with Crippen LogP contribution in [0.4, 0.5) is 0 Å². The van der Waals surface area contributed by atoms with Gasteiger partial charge in [0.15, 0.2) is 5.78 Å². The summed E-state index contributed by atoms with van der Waals surface area (Å²) in [4.78, 5) is 11.4. The van der Waals surface area contributed by atoms with Crippen molar-refractivity contribution in [2.45, 2.75) is 19.4 Å². The SMILES string of the molecule is CC(N)C(=O)Cc1cc(Cl)ccc1Br. The van der Waals surface area contributed by atoms with E-state index >= 15 is 0 Å². The molecule has 2 nitrogen and oxygen atoms in total. The Morgan fingerprint density at radius 2 is 2.29 bits per heavy atom. The van der Waals surface area contributed by atoms with Crippen molar-refractivity contribution in [3.05, 3.63) is 33.3 Å². The summed E-state index contributed by atoms with van der Waals surface area (Å²) in [5.41, 5.74) is 6.35.